The third kappa shape index (κ3) is 3.22. The Morgan fingerprint density at radius 2 is 2.15 bits per heavy atom. The highest BCUT2D eigenvalue weighted by Crippen LogP contribution is 2.24. The van der Waals surface area contributed by atoms with Crippen LogP contribution in [0.2, 0.25) is 0 Å². The van der Waals surface area contributed by atoms with Crippen LogP contribution in [0.15, 0.2) is 23.1 Å². The molecule has 0 radical (unpaired) electrons. The summed E-state index contributed by atoms with van der Waals surface area (Å²) in [7, 11) is -0.813. The number of nitrogens with one attached hydrogen (secondary N) is 1. The molecular weight excluding hydrogens is 307 g/mol. The molecule has 1 fully saturated rings. The first-order valence-corrected chi connectivity index (χ1v) is 7.43. The number of ether oxygens (including phenoxy) is 1. The molecule has 1 N–H and O–H groups in total. The molecule has 1 atom stereocenters. The molecule has 20 heavy (non-hydrogen) atoms. The van der Waals surface area contributed by atoms with Crippen molar-refractivity contribution in [2.75, 3.05) is 27.2 Å². The van der Waals surface area contributed by atoms with Crippen molar-refractivity contribution in [3.63, 3.8) is 0 Å². The van der Waals surface area contributed by atoms with E-state index in [1.165, 1.54) is 30.6 Å². The normalized spacial score (nSPS) is 18.9. The lowest BCUT2D eigenvalue weighted by Gasteiger charge is -2.23. The van der Waals surface area contributed by atoms with Crippen molar-refractivity contribution in [1.82, 2.24) is 9.62 Å². The van der Waals surface area contributed by atoms with Crippen LogP contribution in [0.25, 0.3) is 0 Å². The van der Waals surface area contributed by atoms with E-state index in [4.69, 9.17) is 4.74 Å². The second-order valence-electron chi connectivity index (χ2n) is 4.46. The first-order chi connectivity index (χ1) is 8.96. The van der Waals surface area contributed by atoms with E-state index >= 15 is 0 Å². The second-order valence-corrected chi connectivity index (χ2v) is 6.46. The van der Waals surface area contributed by atoms with Gasteiger partial charge in [0.15, 0.2) is 11.6 Å². The van der Waals surface area contributed by atoms with Gasteiger partial charge in [0.2, 0.25) is 10.0 Å². The largest absolute Gasteiger partial charge is 0.494 e. The molecule has 114 valence electrons. The second kappa shape index (κ2) is 6.71. The Hall–Kier alpha value is -0.890. The van der Waals surface area contributed by atoms with Gasteiger partial charge in [-0.05, 0) is 31.2 Å². The quantitative estimate of drug-likeness (QED) is 0.905. The molecule has 0 saturated carbocycles. The summed E-state index contributed by atoms with van der Waals surface area (Å²) < 4.78 is 44.4. The SMILES string of the molecule is COc1ccc(S(=O)(=O)N(C)C2CCNC2)cc1F.Cl. The molecule has 0 aromatic heterocycles. The highest BCUT2D eigenvalue weighted by molar-refractivity contribution is 7.89. The molecule has 1 aromatic rings. The van der Waals surface area contributed by atoms with Crippen LogP contribution in [-0.4, -0.2) is 46.0 Å². The zero-order valence-corrected chi connectivity index (χ0v) is 12.9. The van der Waals surface area contributed by atoms with Gasteiger partial charge in [-0.25, -0.2) is 12.8 Å². The van der Waals surface area contributed by atoms with Gasteiger partial charge in [-0.2, -0.15) is 4.31 Å². The van der Waals surface area contributed by atoms with Gasteiger partial charge in [-0.15, -0.1) is 12.4 Å². The minimum Gasteiger partial charge on any atom is -0.494 e. The Morgan fingerprint density at radius 3 is 2.65 bits per heavy atom. The van der Waals surface area contributed by atoms with Crippen LogP contribution >= 0.6 is 12.4 Å². The zero-order chi connectivity index (χ0) is 14.0. The van der Waals surface area contributed by atoms with E-state index in [1.807, 2.05) is 0 Å². The van der Waals surface area contributed by atoms with Crippen LogP contribution < -0.4 is 10.1 Å². The van der Waals surface area contributed by atoms with Gasteiger partial charge in [0.1, 0.15) is 0 Å². The van der Waals surface area contributed by atoms with Crippen LogP contribution in [0.5, 0.6) is 5.75 Å². The molecule has 2 rings (SSSR count). The van der Waals surface area contributed by atoms with Crippen LogP contribution in [0.1, 0.15) is 6.42 Å². The standard InChI is InChI=1S/C12H17FN2O3S.ClH/c1-15(9-5-6-14-8-9)19(16,17)10-3-4-12(18-2)11(13)7-10;/h3-4,7,9,14H,5-6,8H2,1-2H3;1H. The summed E-state index contributed by atoms with van der Waals surface area (Å²) in [5.41, 5.74) is 0. The van der Waals surface area contributed by atoms with Crippen molar-refractivity contribution in [2.24, 2.45) is 0 Å². The number of benzene rings is 1. The Morgan fingerprint density at radius 1 is 1.45 bits per heavy atom. The summed E-state index contributed by atoms with van der Waals surface area (Å²) in [6.45, 7) is 1.41. The van der Waals surface area contributed by atoms with Crippen molar-refractivity contribution >= 4 is 22.4 Å². The van der Waals surface area contributed by atoms with Gasteiger partial charge in [-0.1, -0.05) is 0 Å². The van der Waals surface area contributed by atoms with Crippen molar-refractivity contribution in [2.45, 2.75) is 17.4 Å². The summed E-state index contributed by atoms with van der Waals surface area (Å²) in [6.07, 6.45) is 0.758. The molecule has 1 saturated heterocycles. The lowest BCUT2D eigenvalue weighted by molar-refractivity contribution is 0.381. The summed E-state index contributed by atoms with van der Waals surface area (Å²) in [5, 5.41) is 3.11. The monoisotopic (exact) mass is 324 g/mol. The average molecular weight is 325 g/mol. The number of methoxy groups -OCH3 is 1. The highest BCUT2D eigenvalue weighted by Gasteiger charge is 2.30. The number of nitrogens with zero attached hydrogens (tertiary/aromatic N) is 1. The molecule has 1 unspecified atom stereocenters. The van der Waals surface area contributed by atoms with Crippen molar-refractivity contribution in [1.29, 1.82) is 0 Å². The fraction of sp³-hybridized carbons (Fsp3) is 0.500. The van der Waals surface area contributed by atoms with Gasteiger partial charge < -0.3 is 10.1 Å². The maximum absolute atomic E-state index is 13.6. The predicted molar refractivity (Wildman–Crippen MR) is 76.4 cm³/mol. The Kier molecular flexibility index (Phi) is 5.76. The molecule has 8 heteroatoms. The van der Waals surface area contributed by atoms with Gasteiger partial charge >= 0.3 is 0 Å². The van der Waals surface area contributed by atoms with E-state index in [2.05, 4.69) is 5.32 Å². The number of rotatable bonds is 4. The zero-order valence-electron chi connectivity index (χ0n) is 11.3. The molecule has 5 nitrogen and oxygen atoms in total. The predicted octanol–water partition coefficient (Wildman–Crippen LogP) is 1.24. The van der Waals surface area contributed by atoms with E-state index in [0.717, 1.165) is 19.0 Å². The maximum atomic E-state index is 13.6. The minimum absolute atomic E-state index is 0. The van der Waals surface area contributed by atoms with Crippen LogP contribution in [0, 0.1) is 5.82 Å². The Balaban J connectivity index is 0.00000200. The van der Waals surface area contributed by atoms with E-state index < -0.39 is 15.8 Å². The van der Waals surface area contributed by atoms with Crippen molar-refractivity contribution in [3.8, 4) is 5.75 Å². The lowest BCUT2D eigenvalue weighted by atomic mass is 10.3. The fourth-order valence-corrected chi connectivity index (χ4v) is 3.52. The van der Waals surface area contributed by atoms with E-state index in [1.54, 1.807) is 0 Å². The topological polar surface area (TPSA) is 58.6 Å². The molecular formula is C12H18ClFN2O3S. The Labute approximate surface area is 124 Å². The molecule has 1 heterocycles. The van der Waals surface area contributed by atoms with Gasteiger partial charge in [-0.3, -0.25) is 0 Å². The van der Waals surface area contributed by atoms with Gasteiger partial charge in [0, 0.05) is 19.6 Å². The highest BCUT2D eigenvalue weighted by atomic mass is 35.5. The van der Waals surface area contributed by atoms with Crippen molar-refractivity contribution in [3.05, 3.63) is 24.0 Å². The summed E-state index contributed by atoms with van der Waals surface area (Å²) >= 11 is 0. The van der Waals surface area contributed by atoms with Crippen molar-refractivity contribution < 1.29 is 17.5 Å². The number of hydrogen-bond acceptors (Lipinski definition) is 4. The van der Waals surface area contributed by atoms with E-state index in [-0.39, 0.29) is 29.1 Å². The summed E-state index contributed by atoms with van der Waals surface area (Å²) in [6, 6.07) is 3.58. The Bertz CT molecular complexity index is 562. The lowest BCUT2D eigenvalue weighted by Crippen LogP contribution is -2.38. The molecule has 0 aliphatic carbocycles. The number of likely N-dealkylation sites (N-methyl/N-ethyl adjacent to an activating group) is 1. The number of halogens is 2. The minimum atomic E-state index is -3.67. The molecule has 0 spiro atoms. The van der Waals surface area contributed by atoms with Crippen LogP contribution in [0.4, 0.5) is 4.39 Å². The summed E-state index contributed by atoms with van der Waals surface area (Å²) in [4.78, 5) is -0.0554. The first-order valence-electron chi connectivity index (χ1n) is 5.99. The summed E-state index contributed by atoms with van der Waals surface area (Å²) in [5.74, 6) is -0.648. The average Bonchev–Trinajstić information content (AvgIpc) is 2.91. The van der Waals surface area contributed by atoms with Gasteiger partial charge in [0.25, 0.3) is 0 Å². The molecule has 0 bridgehead atoms. The molecule has 0 amide bonds. The van der Waals surface area contributed by atoms with Crippen LogP contribution in [-0.2, 0) is 10.0 Å². The molecule has 1 aromatic carbocycles. The van der Waals surface area contributed by atoms with Crippen LogP contribution in [0.3, 0.4) is 0 Å². The van der Waals surface area contributed by atoms with Gasteiger partial charge in [0.05, 0.1) is 12.0 Å². The molecule has 1 aliphatic heterocycles. The molecule has 1 aliphatic rings. The third-order valence-electron chi connectivity index (χ3n) is 3.35. The number of sulfonamides is 1. The maximum Gasteiger partial charge on any atom is 0.243 e. The third-order valence-corrected chi connectivity index (χ3v) is 5.25. The number of hydrogen-bond donors (Lipinski definition) is 1. The first kappa shape index (κ1) is 17.2. The van der Waals surface area contributed by atoms with E-state index in [9.17, 15) is 12.8 Å². The smallest absolute Gasteiger partial charge is 0.243 e. The van der Waals surface area contributed by atoms with E-state index in [0.29, 0.717) is 6.54 Å². The fourth-order valence-electron chi connectivity index (χ4n) is 2.12.